The van der Waals surface area contributed by atoms with Crippen LogP contribution in [0.5, 0.6) is 5.75 Å². The number of anilines is 1. The molecule has 1 N–H and O–H groups in total. The van der Waals surface area contributed by atoms with Crippen molar-refractivity contribution >= 4 is 5.69 Å². The number of ether oxygens (including phenoxy) is 1. The second-order valence-corrected chi connectivity index (χ2v) is 3.35. The molecule has 0 aliphatic carbocycles. The minimum atomic E-state index is 0.305. The van der Waals surface area contributed by atoms with Crippen molar-refractivity contribution in [1.29, 1.82) is 0 Å². The summed E-state index contributed by atoms with van der Waals surface area (Å²) in [4.78, 5) is 2.12. The molecule has 1 aromatic carbocycles. The van der Waals surface area contributed by atoms with Crippen molar-refractivity contribution < 1.29 is 9.84 Å². The standard InChI is InChI=1S/C10H13NO2/c1-11(6-10-7-13-10)8-2-4-9(12)5-3-8/h2-5,10,12H,6-7H2,1H3. The van der Waals surface area contributed by atoms with Crippen LogP contribution in [0, 0.1) is 0 Å². The van der Waals surface area contributed by atoms with Crippen LogP contribution in [-0.4, -0.2) is 31.4 Å². The Bertz CT molecular complexity index is 279. The van der Waals surface area contributed by atoms with Crippen molar-refractivity contribution in [3.8, 4) is 5.75 Å². The van der Waals surface area contributed by atoms with E-state index in [1.165, 1.54) is 0 Å². The van der Waals surface area contributed by atoms with E-state index in [-0.39, 0.29) is 0 Å². The molecule has 0 aromatic heterocycles. The molecule has 0 bridgehead atoms. The maximum atomic E-state index is 9.09. The van der Waals surface area contributed by atoms with Gasteiger partial charge in [0.1, 0.15) is 5.75 Å². The molecule has 0 amide bonds. The predicted molar refractivity (Wildman–Crippen MR) is 51.1 cm³/mol. The van der Waals surface area contributed by atoms with Crippen LogP contribution in [0.3, 0.4) is 0 Å². The highest BCUT2D eigenvalue weighted by Gasteiger charge is 2.23. The van der Waals surface area contributed by atoms with E-state index in [1.807, 2.05) is 19.2 Å². The zero-order valence-corrected chi connectivity index (χ0v) is 7.60. The van der Waals surface area contributed by atoms with Crippen LogP contribution in [-0.2, 0) is 4.74 Å². The van der Waals surface area contributed by atoms with E-state index in [0.717, 1.165) is 18.8 Å². The van der Waals surface area contributed by atoms with Gasteiger partial charge < -0.3 is 14.7 Å². The van der Waals surface area contributed by atoms with Gasteiger partial charge >= 0.3 is 0 Å². The number of aromatic hydroxyl groups is 1. The Morgan fingerprint density at radius 3 is 2.62 bits per heavy atom. The summed E-state index contributed by atoms with van der Waals surface area (Å²) >= 11 is 0. The van der Waals surface area contributed by atoms with Crippen molar-refractivity contribution in [1.82, 2.24) is 0 Å². The number of rotatable bonds is 3. The SMILES string of the molecule is CN(CC1CO1)c1ccc(O)cc1. The third-order valence-electron chi connectivity index (χ3n) is 2.17. The van der Waals surface area contributed by atoms with E-state index in [0.29, 0.717) is 11.9 Å². The minimum absolute atomic E-state index is 0.305. The van der Waals surface area contributed by atoms with Crippen LogP contribution >= 0.6 is 0 Å². The van der Waals surface area contributed by atoms with Gasteiger partial charge in [-0.2, -0.15) is 0 Å². The summed E-state index contributed by atoms with van der Waals surface area (Å²) < 4.78 is 5.13. The fourth-order valence-electron chi connectivity index (χ4n) is 1.29. The quantitative estimate of drug-likeness (QED) is 0.709. The third-order valence-corrected chi connectivity index (χ3v) is 2.17. The molecule has 1 aliphatic heterocycles. The van der Waals surface area contributed by atoms with Gasteiger partial charge in [-0.1, -0.05) is 0 Å². The largest absolute Gasteiger partial charge is 0.508 e. The summed E-state index contributed by atoms with van der Waals surface area (Å²) in [6, 6.07) is 7.19. The Morgan fingerprint density at radius 2 is 2.08 bits per heavy atom. The molecule has 1 saturated heterocycles. The average Bonchev–Trinajstić information content (AvgIpc) is 2.89. The number of nitrogens with zero attached hydrogens (tertiary/aromatic N) is 1. The first-order valence-corrected chi connectivity index (χ1v) is 4.37. The van der Waals surface area contributed by atoms with Crippen LogP contribution in [0.4, 0.5) is 5.69 Å². The van der Waals surface area contributed by atoms with Gasteiger partial charge in [-0.05, 0) is 24.3 Å². The highest BCUT2D eigenvalue weighted by molar-refractivity contribution is 5.48. The van der Waals surface area contributed by atoms with E-state index in [9.17, 15) is 0 Å². The highest BCUT2D eigenvalue weighted by atomic mass is 16.6. The van der Waals surface area contributed by atoms with E-state index >= 15 is 0 Å². The molecule has 0 saturated carbocycles. The first-order chi connectivity index (χ1) is 6.25. The summed E-state index contributed by atoms with van der Waals surface area (Å²) in [5.41, 5.74) is 1.10. The first-order valence-electron chi connectivity index (χ1n) is 4.37. The molecule has 1 heterocycles. The van der Waals surface area contributed by atoms with Gasteiger partial charge in [0, 0.05) is 19.3 Å². The number of phenols is 1. The van der Waals surface area contributed by atoms with Crippen LogP contribution in [0.15, 0.2) is 24.3 Å². The van der Waals surface area contributed by atoms with Crippen molar-refractivity contribution in [2.45, 2.75) is 6.10 Å². The van der Waals surface area contributed by atoms with Crippen molar-refractivity contribution in [2.75, 3.05) is 25.1 Å². The molecule has 3 nitrogen and oxygen atoms in total. The molecule has 1 unspecified atom stereocenters. The molecule has 1 fully saturated rings. The van der Waals surface area contributed by atoms with Crippen LogP contribution in [0.2, 0.25) is 0 Å². The number of hydrogen-bond donors (Lipinski definition) is 1. The average molecular weight is 179 g/mol. The molecule has 1 atom stereocenters. The molecule has 1 aliphatic rings. The van der Waals surface area contributed by atoms with Gasteiger partial charge in [-0.15, -0.1) is 0 Å². The molecule has 0 radical (unpaired) electrons. The van der Waals surface area contributed by atoms with E-state index in [2.05, 4.69) is 4.90 Å². The molecule has 70 valence electrons. The zero-order chi connectivity index (χ0) is 9.26. The molecule has 3 heteroatoms. The van der Waals surface area contributed by atoms with Gasteiger partial charge in [-0.3, -0.25) is 0 Å². The maximum absolute atomic E-state index is 9.09. The number of epoxide rings is 1. The van der Waals surface area contributed by atoms with Crippen LogP contribution < -0.4 is 4.90 Å². The predicted octanol–water partition coefficient (Wildman–Crippen LogP) is 1.23. The van der Waals surface area contributed by atoms with Crippen LogP contribution in [0.1, 0.15) is 0 Å². The number of phenolic OH excluding ortho intramolecular Hbond substituents is 1. The molecular formula is C10H13NO2. The van der Waals surface area contributed by atoms with E-state index < -0.39 is 0 Å². The summed E-state index contributed by atoms with van der Waals surface area (Å²) in [5.74, 6) is 0.305. The lowest BCUT2D eigenvalue weighted by atomic mass is 10.2. The fourth-order valence-corrected chi connectivity index (χ4v) is 1.29. The maximum Gasteiger partial charge on any atom is 0.115 e. The van der Waals surface area contributed by atoms with E-state index in [1.54, 1.807) is 12.1 Å². The Morgan fingerprint density at radius 1 is 1.46 bits per heavy atom. The second kappa shape index (κ2) is 3.26. The van der Waals surface area contributed by atoms with Gasteiger partial charge in [0.25, 0.3) is 0 Å². The summed E-state index contributed by atoms with van der Waals surface area (Å²) in [6.45, 7) is 1.80. The van der Waals surface area contributed by atoms with Gasteiger partial charge in [-0.25, -0.2) is 0 Å². The fraction of sp³-hybridized carbons (Fsp3) is 0.400. The lowest BCUT2D eigenvalue weighted by Crippen LogP contribution is -2.22. The molecule has 0 spiro atoms. The van der Waals surface area contributed by atoms with Gasteiger partial charge in [0.2, 0.25) is 0 Å². The lowest BCUT2D eigenvalue weighted by Gasteiger charge is -2.17. The highest BCUT2D eigenvalue weighted by Crippen LogP contribution is 2.19. The summed E-state index contributed by atoms with van der Waals surface area (Å²) in [6.07, 6.45) is 0.402. The monoisotopic (exact) mass is 179 g/mol. The molecule has 1 aromatic rings. The Hall–Kier alpha value is -1.22. The van der Waals surface area contributed by atoms with Gasteiger partial charge in [0.05, 0.1) is 12.7 Å². The van der Waals surface area contributed by atoms with Crippen LogP contribution in [0.25, 0.3) is 0 Å². The summed E-state index contributed by atoms with van der Waals surface area (Å²) in [5, 5.41) is 9.09. The first kappa shape index (κ1) is 8.38. The van der Waals surface area contributed by atoms with E-state index in [4.69, 9.17) is 9.84 Å². The third kappa shape index (κ3) is 2.12. The Balaban J connectivity index is 2.01. The van der Waals surface area contributed by atoms with Gasteiger partial charge in [0.15, 0.2) is 0 Å². The summed E-state index contributed by atoms with van der Waals surface area (Å²) in [7, 11) is 2.02. The zero-order valence-electron chi connectivity index (χ0n) is 7.60. The Kier molecular flexibility index (Phi) is 2.10. The normalized spacial score (nSPS) is 19.9. The van der Waals surface area contributed by atoms with Crippen molar-refractivity contribution in [2.24, 2.45) is 0 Å². The number of likely N-dealkylation sites (N-methyl/N-ethyl adjacent to an activating group) is 1. The minimum Gasteiger partial charge on any atom is -0.508 e. The lowest BCUT2D eigenvalue weighted by molar-refractivity contribution is 0.410. The number of benzene rings is 1. The molecule has 13 heavy (non-hydrogen) atoms. The molecular weight excluding hydrogens is 166 g/mol. The number of hydrogen-bond acceptors (Lipinski definition) is 3. The van der Waals surface area contributed by atoms with Crippen molar-refractivity contribution in [3.05, 3.63) is 24.3 Å². The topological polar surface area (TPSA) is 36.0 Å². The Labute approximate surface area is 77.6 Å². The smallest absolute Gasteiger partial charge is 0.115 e. The van der Waals surface area contributed by atoms with Crippen molar-refractivity contribution in [3.63, 3.8) is 0 Å². The molecule has 2 rings (SSSR count). The second-order valence-electron chi connectivity index (χ2n) is 3.35.